The molecular weight excluding hydrogens is 697 g/mol. The second-order valence-electron chi connectivity index (χ2n) is 17.6. The number of benzene rings is 10. The van der Waals surface area contributed by atoms with Gasteiger partial charge in [0.05, 0.1) is 0 Å². The van der Waals surface area contributed by atoms with Gasteiger partial charge in [-0.3, -0.25) is 0 Å². The minimum atomic E-state index is -0.0524. The molecule has 58 heavy (non-hydrogen) atoms. The van der Waals surface area contributed by atoms with Gasteiger partial charge in [0, 0.05) is 10.8 Å². The maximum absolute atomic E-state index is 2.45. The summed E-state index contributed by atoms with van der Waals surface area (Å²) in [6, 6.07) is 68.8. The highest BCUT2D eigenvalue weighted by molar-refractivity contribution is 6.28. The molecule has 2 aliphatic rings. The quantitative estimate of drug-likeness (QED) is 0.158. The van der Waals surface area contributed by atoms with Crippen LogP contribution in [-0.4, -0.2) is 0 Å². The second-order valence-corrected chi connectivity index (χ2v) is 17.6. The van der Waals surface area contributed by atoms with Gasteiger partial charge >= 0.3 is 0 Å². The van der Waals surface area contributed by atoms with E-state index in [1.54, 1.807) is 0 Å². The molecule has 0 aromatic heterocycles. The number of rotatable bonds is 4. The lowest BCUT2D eigenvalue weighted by Crippen LogP contribution is -2.14. The Morgan fingerprint density at radius 3 is 1.02 bits per heavy atom. The molecule has 0 saturated heterocycles. The maximum Gasteiger partial charge on any atom is 0.0159 e. The van der Waals surface area contributed by atoms with Crippen LogP contribution in [0.15, 0.2) is 182 Å². The van der Waals surface area contributed by atoms with Crippen LogP contribution in [0.5, 0.6) is 0 Å². The van der Waals surface area contributed by atoms with Crippen molar-refractivity contribution in [3.8, 4) is 66.8 Å². The van der Waals surface area contributed by atoms with Crippen LogP contribution in [0.25, 0.3) is 99.1 Å². The summed E-state index contributed by atoms with van der Waals surface area (Å²) in [5, 5.41) is 7.81. The van der Waals surface area contributed by atoms with Crippen LogP contribution in [-0.2, 0) is 10.8 Å². The summed E-state index contributed by atoms with van der Waals surface area (Å²) >= 11 is 0. The lowest BCUT2D eigenvalue weighted by molar-refractivity contribution is 0.660. The van der Waals surface area contributed by atoms with Crippen molar-refractivity contribution in [1.82, 2.24) is 0 Å². The van der Waals surface area contributed by atoms with Gasteiger partial charge in [0.15, 0.2) is 0 Å². The van der Waals surface area contributed by atoms with Gasteiger partial charge in [-0.2, -0.15) is 0 Å². The van der Waals surface area contributed by atoms with E-state index in [9.17, 15) is 0 Å². The molecule has 0 bridgehead atoms. The van der Waals surface area contributed by atoms with Crippen LogP contribution in [0.3, 0.4) is 0 Å². The van der Waals surface area contributed by atoms with Crippen LogP contribution in [0.4, 0.5) is 0 Å². The van der Waals surface area contributed by atoms with Crippen molar-refractivity contribution in [3.05, 3.63) is 204 Å². The normalized spacial score (nSPS) is 14.5. The monoisotopic (exact) mass is 738 g/mol. The smallest absolute Gasteiger partial charge is 0.0159 e. The van der Waals surface area contributed by atoms with Crippen LogP contribution in [0, 0.1) is 0 Å². The molecule has 10 aromatic carbocycles. The van der Waals surface area contributed by atoms with E-state index >= 15 is 0 Å². The Balaban J connectivity index is 1.02. The third kappa shape index (κ3) is 4.52. The van der Waals surface area contributed by atoms with Crippen LogP contribution >= 0.6 is 0 Å². The highest BCUT2D eigenvalue weighted by atomic mass is 14.4. The van der Waals surface area contributed by atoms with Gasteiger partial charge in [-0.25, -0.2) is 0 Å². The standard InChI is InChI=1S/C58H42/c1-57(2)51-19-11-9-17-45(51)47-29-25-37(33-53(47)57)39-13-5-7-15-41(39)43-27-21-35-24-32-50-44(28-22-36-23-31-49(43)55(35)56(36)50)42-16-8-6-14-40(42)38-26-30-48-46-18-10-12-20-52(46)58(3,4)54(48)34-38/h5-34H,1-4H3. The number of hydrogen-bond donors (Lipinski definition) is 0. The molecule has 10 aromatic rings. The van der Waals surface area contributed by atoms with E-state index in [2.05, 4.69) is 210 Å². The van der Waals surface area contributed by atoms with Crippen molar-refractivity contribution in [2.24, 2.45) is 0 Å². The zero-order valence-corrected chi connectivity index (χ0v) is 33.3. The summed E-state index contributed by atoms with van der Waals surface area (Å²) in [6.45, 7) is 9.47. The average Bonchev–Trinajstić information content (AvgIpc) is 3.64. The fraction of sp³-hybridized carbons (Fsp3) is 0.103. The van der Waals surface area contributed by atoms with Crippen molar-refractivity contribution < 1.29 is 0 Å². The van der Waals surface area contributed by atoms with E-state index in [1.807, 2.05) is 0 Å². The number of fused-ring (bicyclic) bond motifs is 6. The lowest BCUT2D eigenvalue weighted by atomic mass is 9.80. The molecule has 0 heteroatoms. The van der Waals surface area contributed by atoms with Gasteiger partial charge in [0.2, 0.25) is 0 Å². The molecular formula is C58H42. The Labute approximate surface area is 340 Å². The first-order valence-electron chi connectivity index (χ1n) is 20.7. The SMILES string of the molecule is CC1(C)c2ccccc2-c2ccc(-c3ccccc3-c3ccc4ccc5c(-c6ccccc6-c6ccc7c(c6)C(C)(C)c6ccccc6-7)ccc6ccc3c4c65)cc21. The first-order chi connectivity index (χ1) is 28.3. The van der Waals surface area contributed by atoms with Gasteiger partial charge in [-0.05, 0) is 133 Å². The summed E-state index contributed by atoms with van der Waals surface area (Å²) in [5.74, 6) is 0. The van der Waals surface area contributed by atoms with Gasteiger partial charge < -0.3 is 0 Å². The zero-order chi connectivity index (χ0) is 38.9. The Kier molecular flexibility index (Phi) is 6.84. The summed E-state index contributed by atoms with van der Waals surface area (Å²) in [4.78, 5) is 0. The molecule has 0 amide bonds. The van der Waals surface area contributed by atoms with Crippen molar-refractivity contribution in [1.29, 1.82) is 0 Å². The van der Waals surface area contributed by atoms with Crippen LogP contribution < -0.4 is 0 Å². The lowest BCUT2D eigenvalue weighted by Gasteiger charge is -2.23. The van der Waals surface area contributed by atoms with Gasteiger partial charge in [0.25, 0.3) is 0 Å². The van der Waals surface area contributed by atoms with Crippen LogP contribution in [0.2, 0.25) is 0 Å². The van der Waals surface area contributed by atoms with E-state index in [1.165, 1.54) is 121 Å². The molecule has 0 aliphatic heterocycles. The summed E-state index contributed by atoms with van der Waals surface area (Å²) in [7, 11) is 0. The highest BCUT2D eigenvalue weighted by Crippen LogP contribution is 2.52. The molecule has 274 valence electrons. The topological polar surface area (TPSA) is 0 Å². The molecule has 2 aliphatic carbocycles. The number of hydrogen-bond acceptors (Lipinski definition) is 0. The van der Waals surface area contributed by atoms with E-state index in [0.29, 0.717) is 0 Å². The Hall–Kier alpha value is -6.76. The fourth-order valence-electron chi connectivity index (χ4n) is 11.0. The molecule has 0 radical (unpaired) electrons. The van der Waals surface area contributed by atoms with E-state index in [0.717, 1.165) is 0 Å². The van der Waals surface area contributed by atoms with E-state index in [4.69, 9.17) is 0 Å². The Morgan fingerprint density at radius 1 is 0.259 bits per heavy atom. The van der Waals surface area contributed by atoms with Crippen molar-refractivity contribution in [2.75, 3.05) is 0 Å². The average molecular weight is 739 g/mol. The summed E-state index contributed by atoms with van der Waals surface area (Å²) in [5.41, 5.74) is 21.1. The fourth-order valence-corrected chi connectivity index (χ4v) is 11.0. The van der Waals surface area contributed by atoms with Crippen molar-refractivity contribution in [3.63, 3.8) is 0 Å². The minimum absolute atomic E-state index is 0.0524. The molecule has 0 nitrogen and oxygen atoms in total. The first-order valence-corrected chi connectivity index (χ1v) is 20.7. The molecule has 0 N–H and O–H groups in total. The van der Waals surface area contributed by atoms with Crippen molar-refractivity contribution >= 4 is 32.3 Å². The van der Waals surface area contributed by atoms with Crippen molar-refractivity contribution in [2.45, 2.75) is 38.5 Å². The van der Waals surface area contributed by atoms with E-state index in [-0.39, 0.29) is 10.8 Å². The predicted molar refractivity (Wildman–Crippen MR) is 247 cm³/mol. The molecule has 0 unspecified atom stereocenters. The molecule has 0 saturated carbocycles. The first kappa shape index (κ1) is 33.4. The highest BCUT2D eigenvalue weighted by Gasteiger charge is 2.36. The van der Waals surface area contributed by atoms with Gasteiger partial charge in [-0.1, -0.05) is 198 Å². The van der Waals surface area contributed by atoms with Gasteiger partial charge in [-0.15, -0.1) is 0 Å². The third-order valence-corrected chi connectivity index (χ3v) is 13.9. The zero-order valence-electron chi connectivity index (χ0n) is 33.3. The molecule has 0 atom stereocenters. The summed E-state index contributed by atoms with van der Waals surface area (Å²) < 4.78 is 0. The van der Waals surface area contributed by atoms with E-state index < -0.39 is 0 Å². The third-order valence-electron chi connectivity index (χ3n) is 13.9. The molecule has 12 rings (SSSR count). The van der Waals surface area contributed by atoms with Gasteiger partial charge in [0.1, 0.15) is 0 Å². The summed E-state index contributed by atoms with van der Waals surface area (Å²) in [6.07, 6.45) is 0. The molecule has 0 spiro atoms. The Bertz CT molecular complexity index is 3110. The largest absolute Gasteiger partial charge is 0.0619 e. The predicted octanol–water partition coefficient (Wildman–Crippen LogP) is 15.9. The maximum atomic E-state index is 2.45. The molecule has 0 fully saturated rings. The minimum Gasteiger partial charge on any atom is -0.0619 e. The Morgan fingerprint density at radius 2 is 0.586 bits per heavy atom. The van der Waals surface area contributed by atoms with Crippen LogP contribution in [0.1, 0.15) is 49.9 Å². The molecule has 0 heterocycles. The second kappa shape index (κ2) is 11.9.